The van der Waals surface area contributed by atoms with E-state index in [1.807, 2.05) is 0 Å². The molecule has 140 valence electrons. The van der Waals surface area contributed by atoms with Crippen LogP contribution >= 0.6 is 0 Å². The first kappa shape index (κ1) is 16.6. The van der Waals surface area contributed by atoms with E-state index in [2.05, 4.69) is 20.4 Å². The van der Waals surface area contributed by atoms with E-state index in [1.54, 1.807) is 24.3 Å². The van der Waals surface area contributed by atoms with E-state index >= 15 is 0 Å². The van der Waals surface area contributed by atoms with Crippen molar-refractivity contribution in [2.24, 2.45) is 0 Å². The van der Waals surface area contributed by atoms with Gasteiger partial charge in [0.2, 0.25) is 5.95 Å². The predicted octanol–water partition coefficient (Wildman–Crippen LogP) is 3.92. The third-order valence-electron chi connectivity index (χ3n) is 4.63. The second-order valence-electron chi connectivity index (χ2n) is 6.80. The summed E-state index contributed by atoms with van der Waals surface area (Å²) in [5.74, 6) is -0.1000. The summed E-state index contributed by atoms with van der Waals surface area (Å²) in [6.07, 6.45) is 2.10. The number of anilines is 2. The van der Waals surface area contributed by atoms with Crippen molar-refractivity contribution in [1.82, 2.24) is 19.7 Å². The molecule has 0 saturated heterocycles. The SMILES string of the molecule is Nc1c2c(-c3cccc(F)c3)nc(NC3CC3)nc2nn1-c1cccc(F)c1. The highest BCUT2D eigenvalue weighted by Crippen LogP contribution is 2.34. The highest BCUT2D eigenvalue weighted by Gasteiger charge is 2.24. The number of fused-ring (bicyclic) bond motifs is 1. The van der Waals surface area contributed by atoms with Crippen LogP contribution in [0.25, 0.3) is 28.0 Å². The zero-order valence-corrected chi connectivity index (χ0v) is 14.7. The minimum atomic E-state index is -0.399. The maximum Gasteiger partial charge on any atom is 0.225 e. The molecule has 4 aromatic rings. The number of nitrogens with two attached hydrogens (primary N) is 1. The molecule has 5 rings (SSSR count). The van der Waals surface area contributed by atoms with Gasteiger partial charge in [0.15, 0.2) is 5.65 Å². The summed E-state index contributed by atoms with van der Waals surface area (Å²) in [6.45, 7) is 0. The first-order valence-corrected chi connectivity index (χ1v) is 8.93. The highest BCUT2D eigenvalue weighted by molar-refractivity contribution is 5.99. The normalized spacial score (nSPS) is 13.8. The van der Waals surface area contributed by atoms with Crippen molar-refractivity contribution < 1.29 is 8.78 Å². The van der Waals surface area contributed by atoms with Gasteiger partial charge in [-0.15, -0.1) is 5.10 Å². The van der Waals surface area contributed by atoms with E-state index in [4.69, 9.17) is 5.73 Å². The molecule has 1 fully saturated rings. The summed E-state index contributed by atoms with van der Waals surface area (Å²) < 4.78 is 28.9. The zero-order valence-electron chi connectivity index (χ0n) is 14.7. The molecular formula is C20H16F2N6. The Labute approximate surface area is 159 Å². The molecule has 0 atom stereocenters. The number of halogens is 2. The highest BCUT2D eigenvalue weighted by atomic mass is 19.1. The maximum atomic E-state index is 13.8. The molecule has 2 aromatic heterocycles. The molecular weight excluding hydrogens is 362 g/mol. The molecule has 1 saturated carbocycles. The minimum absolute atomic E-state index is 0.262. The fraction of sp³-hybridized carbons (Fsp3) is 0.150. The molecule has 0 aliphatic heterocycles. The van der Waals surface area contributed by atoms with E-state index < -0.39 is 5.82 Å². The van der Waals surface area contributed by atoms with Gasteiger partial charge in [-0.05, 0) is 43.2 Å². The number of nitrogen functional groups attached to an aromatic ring is 1. The number of rotatable bonds is 4. The molecule has 0 radical (unpaired) electrons. The zero-order chi connectivity index (χ0) is 19.3. The first-order chi connectivity index (χ1) is 13.6. The largest absolute Gasteiger partial charge is 0.383 e. The Kier molecular flexibility index (Phi) is 3.71. The van der Waals surface area contributed by atoms with E-state index in [1.165, 1.54) is 28.9 Å². The summed E-state index contributed by atoms with van der Waals surface area (Å²) in [5, 5.41) is 8.20. The van der Waals surface area contributed by atoms with Gasteiger partial charge in [-0.25, -0.2) is 18.4 Å². The van der Waals surface area contributed by atoms with Gasteiger partial charge in [0.25, 0.3) is 0 Å². The van der Waals surface area contributed by atoms with E-state index in [0.29, 0.717) is 40.0 Å². The van der Waals surface area contributed by atoms with Gasteiger partial charge in [0.1, 0.15) is 17.5 Å². The molecule has 0 bridgehead atoms. The van der Waals surface area contributed by atoms with E-state index in [-0.39, 0.29) is 11.6 Å². The Morgan fingerprint density at radius 3 is 2.46 bits per heavy atom. The second kappa shape index (κ2) is 6.26. The topological polar surface area (TPSA) is 81.7 Å². The van der Waals surface area contributed by atoms with Gasteiger partial charge in [-0.2, -0.15) is 4.98 Å². The Bertz CT molecular complexity index is 1200. The molecule has 2 aromatic carbocycles. The van der Waals surface area contributed by atoms with E-state index in [9.17, 15) is 8.78 Å². The van der Waals surface area contributed by atoms with Crippen LogP contribution in [0.5, 0.6) is 0 Å². The third kappa shape index (κ3) is 2.92. The Morgan fingerprint density at radius 1 is 1.00 bits per heavy atom. The smallest absolute Gasteiger partial charge is 0.225 e. The van der Waals surface area contributed by atoms with Crippen LogP contribution in [0.1, 0.15) is 12.8 Å². The van der Waals surface area contributed by atoms with Gasteiger partial charge in [0.05, 0.1) is 16.8 Å². The molecule has 0 unspecified atom stereocenters. The Hall–Kier alpha value is -3.55. The Morgan fingerprint density at radius 2 is 1.75 bits per heavy atom. The van der Waals surface area contributed by atoms with Gasteiger partial charge >= 0.3 is 0 Å². The lowest BCUT2D eigenvalue weighted by Gasteiger charge is -2.08. The summed E-state index contributed by atoms with van der Waals surface area (Å²) in [5.41, 5.74) is 8.22. The number of nitrogens with zero attached hydrogens (tertiary/aromatic N) is 4. The lowest BCUT2D eigenvalue weighted by molar-refractivity contribution is 0.625. The lowest BCUT2D eigenvalue weighted by atomic mass is 10.1. The molecule has 0 amide bonds. The van der Waals surface area contributed by atoms with Gasteiger partial charge in [-0.1, -0.05) is 18.2 Å². The van der Waals surface area contributed by atoms with Crippen molar-refractivity contribution in [1.29, 1.82) is 0 Å². The molecule has 3 N–H and O–H groups in total. The molecule has 1 aliphatic rings. The predicted molar refractivity (Wildman–Crippen MR) is 103 cm³/mol. The van der Waals surface area contributed by atoms with Crippen molar-refractivity contribution in [3.05, 3.63) is 60.2 Å². The first-order valence-electron chi connectivity index (χ1n) is 8.93. The van der Waals surface area contributed by atoms with Gasteiger partial charge in [-0.3, -0.25) is 0 Å². The van der Waals surface area contributed by atoms with Crippen molar-refractivity contribution in [3.63, 3.8) is 0 Å². The van der Waals surface area contributed by atoms with Gasteiger partial charge in [0, 0.05) is 11.6 Å². The second-order valence-corrected chi connectivity index (χ2v) is 6.80. The van der Waals surface area contributed by atoms with Crippen LogP contribution in [0.2, 0.25) is 0 Å². The maximum absolute atomic E-state index is 13.8. The molecule has 1 aliphatic carbocycles. The monoisotopic (exact) mass is 378 g/mol. The third-order valence-corrected chi connectivity index (χ3v) is 4.63. The summed E-state index contributed by atoms with van der Waals surface area (Å²) in [6, 6.07) is 12.4. The number of hydrogen-bond acceptors (Lipinski definition) is 5. The fourth-order valence-electron chi connectivity index (χ4n) is 3.14. The Balaban J connectivity index is 1.76. The van der Waals surface area contributed by atoms with Crippen molar-refractivity contribution in [2.45, 2.75) is 18.9 Å². The molecule has 28 heavy (non-hydrogen) atoms. The van der Waals surface area contributed by atoms with Crippen LogP contribution in [0.4, 0.5) is 20.5 Å². The van der Waals surface area contributed by atoms with Crippen LogP contribution in [0.3, 0.4) is 0 Å². The average Bonchev–Trinajstić information content (AvgIpc) is 3.43. The quantitative estimate of drug-likeness (QED) is 0.563. The van der Waals surface area contributed by atoms with Crippen molar-refractivity contribution in [3.8, 4) is 16.9 Å². The number of nitrogens with one attached hydrogen (secondary N) is 1. The van der Waals surface area contributed by atoms with Crippen LogP contribution in [-0.4, -0.2) is 25.8 Å². The fourth-order valence-corrected chi connectivity index (χ4v) is 3.14. The molecule has 8 heteroatoms. The molecule has 2 heterocycles. The molecule has 0 spiro atoms. The average molecular weight is 378 g/mol. The van der Waals surface area contributed by atoms with E-state index in [0.717, 1.165) is 12.8 Å². The van der Waals surface area contributed by atoms with Crippen molar-refractivity contribution >= 4 is 22.8 Å². The summed E-state index contributed by atoms with van der Waals surface area (Å²) in [7, 11) is 0. The molecule has 6 nitrogen and oxygen atoms in total. The standard InChI is InChI=1S/C20H16F2N6/c21-12-4-1-3-11(9-12)17-16-18(23)28(15-6-2-5-13(22)10-15)27-19(16)26-20(25-17)24-14-7-8-14/h1-6,9-10,14H,7-8,23H2,(H,24,26,27). The van der Waals surface area contributed by atoms with Gasteiger partial charge < -0.3 is 11.1 Å². The van der Waals surface area contributed by atoms with Crippen molar-refractivity contribution in [2.75, 3.05) is 11.1 Å². The van der Waals surface area contributed by atoms with Crippen LogP contribution < -0.4 is 11.1 Å². The lowest BCUT2D eigenvalue weighted by Crippen LogP contribution is -2.06. The van der Waals surface area contributed by atoms with Crippen LogP contribution in [0, 0.1) is 11.6 Å². The summed E-state index contributed by atoms with van der Waals surface area (Å²) in [4.78, 5) is 9.05. The van der Waals surface area contributed by atoms with Crippen LogP contribution in [-0.2, 0) is 0 Å². The minimum Gasteiger partial charge on any atom is -0.383 e. The number of hydrogen-bond donors (Lipinski definition) is 2. The number of benzene rings is 2. The number of aromatic nitrogens is 4. The summed E-state index contributed by atoms with van der Waals surface area (Å²) >= 11 is 0. The van der Waals surface area contributed by atoms with Crippen LogP contribution in [0.15, 0.2) is 48.5 Å².